The summed E-state index contributed by atoms with van der Waals surface area (Å²) in [6.45, 7) is 4.29. The summed E-state index contributed by atoms with van der Waals surface area (Å²) in [6, 6.07) is 3.93. The Balaban J connectivity index is 1.83. The van der Waals surface area contributed by atoms with Gasteiger partial charge in [0.1, 0.15) is 23.8 Å². The Kier molecular flexibility index (Phi) is 4.04. The lowest BCUT2D eigenvalue weighted by molar-refractivity contribution is -0.149. The highest BCUT2D eigenvalue weighted by molar-refractivity contribution is 5.91. The van der Waals surface area contributed by atoms with E-state index < -0.39 is 17.4 Å². The largest absolute Gasteiger partial charge is 0.492 e. The second-order valence-corrected chi connectivity index (χ2v) is 6.78. The molecule has 1 heterocycles. The molecule has 5 nitrogen and oxygen atoms in total. The first-order valence-corrected chi connectivity index (χ1v) is 8.22. The van der Waals surface area contributed by atoms with E-state index in [4.69, 9.17) is 4.74 Å². The number of benzene rings is 1. The number of carbonyl (C=O) groups is 2. The third-order valence-electron chi connectivity index (χ3n) is 5.20. The Hall–Kier alpha value is -2.04. The minimum Gasteiger partial charge on any atom is -0.492 e. The van der Waals surface area contributed by atoms with Crippen molar-refractivity contribution in [3.63, 3.8) is 0 Å². The van der Waals surface area contributed by atoms with E-state index in [1.165, 1.54) is 0 Å². The maximum atomic E-state index is 12.7. The monoisotopic (exact) mass is 317 g/mol. The lowest BCUT2D eigenvalue weighted by Gasteiger charge is -2.34. The van der Waals surface area contributed by atoms with Gasteiger partial charge in [0.15, 0.2) is 0 Å². The van der Waals surface area contributed by atoms with Crippen molar-refractivity contribution >= 4 is 11.9 Å². The fourth-order valence-corrected chi connectivity index (χ4v) is 3.56. The summed E-state index contributed by atoms with van der Waals surface area (Å²) >= 11 is 0. The van der Waals surface area contributed by atoms with Crippen LogP contribution in [0.1, 0.15) is 54.7 Å². The summed E-state index contributed by atoms with van der Waals surface area (Å²) in [5.41, 5.74) is 1.98. The molecule has 124 valence electrons. The van der Waals surface area contributed by atoms with Gasteiger partial charge in [-0.05, 0) is 43.9 Å². The zero-order valence-electron chi connectivity index (χ0n) is 13.6. The van der Waals surface area contributed by atoms with Crippen LogP contribution in [-0.2, 0) is 9.59 Å². The molecule has 1 saturated carbocycles. The van der Waals surface area contributed by atoms with Crippen molar-refractivity contribution in [2.75, 3.05) is 6.61 Å². The topological polar surface area (TPSA) is 75.6 Å². The van der Waals surface area contributed by atoms with E-state index in [1.54, 1.807) is 0 Å². The summed E-state index contributed by atoms with van der Waals surface area (Å²) < 4.78 is 5.64. The van der Waals surface area contributed by atoms with Crippen molar-refractivity contribution in [3.8, 4) is 5.75 Å². The van der Waals surface area contributed by atoms with Gasteiger partial charge in [-0.15, -0.1) is 0 Å². The van der Waals surface area contributed by atoms with Crippen molar-refractivity contribution in [3.05, 3.63) is 28.8 Å². The molecule has 1 aliphatic heterocycles. The van der Waals surface area contributed by atoms with Gasteiger partial charge in [0.25, 0.3) is 0 Å². The predicted octanol–water partition coefficient (Wildman–Crippen LogP) is 2.68. The second-order valence-electron chi connectivity index (χ2n) is 6.78. The molecule has 0 bridgehead atoms. The smallest absolute Gasteiger partial charge is 0.329 e. The highest BCUT2D eigenvalue weighted by atomic mass is 16.5. The van der Waals surface area contributed by atoms with Crippen LogP contribution in [0.3, 0.4) is 0 Å². The van der Waals surface area contributed by atoms with Crippen LogP contribution in [0.5, 0.6) is 5.75 Å². The lowest BCUT2D eigenvalue weighted by atomic mass is 9.81. The Labute approximate surface area is 136 Å². The standard InChI is InChI=1S/C18H23NO4/c1-11-8-13-14(10-23-15(13)9-12(11)2)16(20)19-18(17(21)22)6-4-3-5-7-18/h8-9,14H,3-7,10H2,1-2H3,(H,19,20)(H,21,22). The molecular formula is C18H23NO4. The number of aryl methyl sites for hydroxylation is 2. The Morgan fingerprint density at radius 3 is 2.48 bits per heavy atom. The van der Waals surface area contributed by atoms with Crippen molar-refractivity contribution in [1.82, 2.24) is 5.32 Å². The highest BCUT2D eigenvalue weighted by Crippen LogP contribution is 2.37. The van der Waals surface area contributed by atoms with Crippen LogP contribution in [0.4, 0.5) is 0 Å². The van der Waals surface area contributed by atoms with E-state index in [9.17, 15) is 14.7 Å². The van der Waals surface area contributed by atoms with Gasteiger partial charge in [-0.2, -0.15) is 0 Å². The van der Waals surface area contributed by atoms with Crippen molar-refractivity contribution in [1.29, 1.82) is 0 Å². The van der Waals surface area contributed by atoms with Crippen molar-refractivity contribution in [2.45, 2.75) is 57.4 Å². The number of aliphatic carboxylic acids is 1. The molecule has 0 spiro atoms. The third-order valence-corrected chi connectivity index (χ3v) is 5.20. The van der Waals surface area contributed by atoms with Gasteiger partial charge in [-0.1, -0.05) is 25.3 Å². The minimum atomic E-state index is -1.11. The lowest BCUT2D eigenvalue weighted by Crippen LogP contribution is -2.56. The molecule has 1 fully saturated rings. The first kappa shape index (κ1) is 15.8. The maximum Gasteiger partial charge on any atom is 0.329 e. The normalized spacial score (nSPS) is 22.1. The number of fused-ring (bicyclic) bond motifs is 1. The molecule has 3 rings (SSSR count). The number of carboxylic acids is 1. The first-order chi connectivity index (χ1) is 10.9. The van der Waals surface area contributed by atoms with E-state index in [-0.39, 0.29) is 12.5 Å². The number of rotatable bonds is 3. The molecule has 1 amide bonds. The van der Waals surface area contributed by atoms with E-state index in [0.29, 0.717) is 12.8 Å². The Morgan fingerprint density at radius 1 is 1.17 bits per heavy atom. The molecule has 1 aliphatic carbocycles. The summed E-state index contributed by atoms with van der Waals surface area (Å²) in [6.07, 6.45) is 3.70. The fraction of sp³-hybridized carbons (Fsp3) is 0.556. The quantitative estimate of drug-likeness (QED) is 0.899. The van der Waals surface area contributed by atoms with E-state index >= 15 is 0 Å². The number of carboxylic acid groups (broad SMARTS) is 1. The Morgan fingerprint density at radius 2 is 1.83 bits per heavy atom. The predicted molar refractivity (Wildman–Crippen MR) is 85.7 cm³/mol. The molecule has 1 unspecified atom stereocenters. The zero-order chi connectivity index (χ0) is 16.6. The molecule has 0 aromatic heterocycles. The van der Waals surface area contributed by atoms with Gasteiger partial charge < -0.3 is 15.2 Å². The van der Waals surface area contributed by atoms with Crippen LogP contribution >= 0.6 is 0 Å². The van der Waals surface area contributed by atoms with E-state index in [0.717, 1.165) is 41.7 Å². The number of ether oxygens (including phenoxy) is 1. The van der Waals surface area contributed by atoms with Crippen LogP contribution in [0.2, 0.25) is 0 Å². The van der Waals surface area contributed by atoms with Crippen LogP contribution in [-0.4, -0.2) is 29.1 Å². The molecule has 23 heavy (non-hydrogen) atoms. The average Bonchev–Trinajstić information content (AvgIpc) is 2.91. The SMILES string of the molecule is Cc1cc2c(cc1C)C(C(=O)NC1(C(=O)O)CCCCC1)CO2. The van der Waals surface area contributed by atoms with Gasteiger partial charge in [0.2, 0.25) is 5.91 Å². The van der Waals surface area contributed by atoms with Gasteiger partial charge in [-0.3, -0.25) is 4.79 Å². The van der Waals surface area contributed by atoms with Crippen molar-refractivity contribution in [2.24, 2.45) is 0 Å². The molecule has 0 radical (unpaired) electrons. The van der Waals surface area contributed by atoms with E-state index in [2.05, 4.69) is 5.32 Å². The number of hydrogen-bond donors (Lipinski definition) is 2. The van der Waals surface area contributed by atoms with Crippen LogP contribution in [0, 0.1) is 13.8 Å². The highest BCUT2D eigenvalue weighted by Gasteiger charge is 2.43. The van der Waals surface area contributed by atoms with Gasteiger partial charge >= 0.3 is 5.97 Å². The Bertz CT molecular complexity index is 647. The minimum absolute atomic E-state index is 0.240. The summed E-state index contributed by atoms with van der Waals surface area (Å²) in [4.78, 5) is 24.5. The number of nitrogens with one attached hydrogen (secondary N) is 1. The summed E-state index contributed by atoms with van der Waals surface area (Å²) in [5, 5.41) is 12.4. The zero-order valence-corrected chi connectivity index (χ0v) is 13.6. The number of carbonyl (C=O) groups excluding carboxylic acids is 1. The van der Waals surface area contributed by atoms with Gasteiger partial charge in [0, 0.05) is 5.56 Å². The third kappa shape index (κ3) is 2.80. The maximum absolute atomic E-state index is 12.7. The van der Waals surface area contributed by atoms with Gasteiger partial charge in [-0.25, -0.2) is 4.79 Å². The molecule has 1 aromatic carbocycles. The molecule has 2 N–H and O–H groups in total. The second kappa shape index (κ2) is 5.87. The first-order valence-electron chi connectivity index (χ1n) is 8.22. The fourth-order valence-electron chi connectivity index (χ4n) is 3.56. The molecule has 2 aliphatic rings. The molecular weight excluding hydrogens is 294 g/mol. The number of hydrogen-bond acceptors (Lipinski definition) is 3. The molecule has 5 heteroatoms. The average molecular weight is 317 g/mol. The van der Waals surface area contributed by atoms with Crippen LogP contribution in [0.15, 0.2) is 12.1 Å². The molecule has 1 atom stereocenters. The van der Waals surface area contributed by atoms with E-state index in [1.807, 2.05) is 26.0 Å². The van der Waals surface area contributed by atoms with Gasteiger partial charge in [0.05, 0.1) is 0 Å². The summed E-state index contributed by atoms with van der Waals surface area (Å²) in [5.74, 6) is -0.857. The van der Waals surface area contributed by atoms with Crippen LogP contribution < -0.4 is 10.1 Å². The number of amides is 1. The summed E-state index contributed by atoms with van der Waals surface area (Å²) in [7, 11) is 0. The molecule has 1 aromatic rings. The van der Waals surface area contributed by atoms with Crippen molar-refractivity contribution < 1.29 is 19.4 Å². The molecule has 0 saturated heterocycles. The van der Waals surface area contributed by atoms with Crippen LogP contribution in [0.25, 0.3) is 0 Å².